The molecule has 1 unspecified atom stereocenters. The zero-order valence-electron chi connectivity index (χ0n) is 17.9. The number of thioether (sulfide) groups is 1. The van der Waals surface area contributed by atoms with Crippen molar-refractivity contribution in [3.63, 3.8) is 0 Å². The lowest BCUT2D eigenvalue weighted by Crippen LogP contribution is -2.51. The molecule has 8 heteroatoms. The molecule has 2 amide bonds. The van der Waals surface area contributed by atoms with Crippen molar-refractivity contribution in [3.05, 3.63) is 28.8 Å². The van der Waals surface area contributed by atoms with Crippen LogP contribution in [0.4, 0.5) is 4.79 Å². The number of carbonyl (C=O) groups excluding carboxylic acids is 1. The van der Waals surface area contributed by atoms with Crippen LogP contribution in [0.3, 0.4) is 0 Å². The summed E-state index contributed by atoms with van der Waals surface area (Å²) in [5.74, 6) is 3.60. The topological polar surface area (TPSA) is 87.7 Å². The zero-order chi connectivity index (χ0) is 22.0. The van der Waals surface area contributed by atoms with Crippen molar-refractivity contribution in [2.75, 3.05) is 18.8 Å². The molecule has 0 spiro atoms. The van der Waals surface area contributed by atoms with Gasteiger partial charge in [0.15, 0.2) is 0 Å². The number of halogens is 1. The number of carbonyl (C=O) groups is 2. The highest BCUT2D eigenvalue weighted by Gasteiger charge is 2.50. The normalized spacial score (nSPS) is 29.4. The average Bonchev–Trinajstić information content (AvgIpc) is 2.70. The Morgan fingerprint density at radius 3 is 2.45 bits per heavy atom. The molecule has 31 heavy (non-hydrogen) atoms. The minimum Gasteiger partial charge on any atom is -0.480 e. The molecular weight excluding hydrogens is 436 g/mol. The van der Waals surface area contributed by atoms with Crippen molar-refractivity contribution in [1.29, 1.82) is 0 Å². The molecule has 4 aliphatic rings. The molecule has 0 radical (unpaired) electrons. The summed E-state index contributed by atoms with van der Waals surface area (Å²) in [6.45, 7) is 2.98. The van der Waals surface area contributed by atoms with Gasteiger partial charge in [-0.3, -0.25) is 4.79 Å². The molecule has 4 saturated carbocycles. The average molecular weight is 467 g/mol. The summed E-state index contributed by atoms with van der Waals surface area (Å²) in [6.07, 6.45) is 6.89. The second-order valence-corrected chi connectivity index (χ2v) is 11.3. The fourth-order valence-electron chi connectivity index (χ4n) is 6.23. The second kappa shape index (κ2) is 9.49. The molecule has 4 fully saturated rings. The van der Waals surface area contributed by atoms with E-state index < -0.39 is 6.09 Å². The van der Waals surface area contributed by atoms with Gasteiger partial charge in [-0.15, -0.1) is 11.8 Å². The van der Waals surface area contributed by atoms with Gasteiger partial charge in [0.25, 0.3) is 5.91 Å². The van der Waals surface area contributed by atoms with Gasteiger partial charge >= 0.3 is 6.09 Å². The Hall–Kier alpha value is -1.60. The number of carboxylic acid groups (broad SMARTS) is 1. The van der Waals surface area contributed by atoms with E-state index in [1.54, 1.807) is 18.2 Å². The zero-order valence-corrected chi connectivity index (χ0v) is 19.4. The molecule has 1 atom stereocenters. The van der Waals surface area contributed by atoms with Crippen molar-refractivity contribution in [3.8, 4) is 5.75 Å². The van der Waals surface area contributed by atoms with Crippen LogP contribution in [0.25, 0.3) is 0 Å². The van der Waals surface area contributed by atoms with E-state index in [9.17, 15) is 9.59 Å². The molecule has 170 valence electrons. The van der Waals surface area contributed by atoms with Crippen molar-refractivity contribution in [2.24, 2.45) is 23.2 Å². The van der Waals surface area contributed by atoms with Crippen LogP contribution in [-0.4, -0.2) is 41.4 Å². The van der Waals surface area contributed by atoms with Crippen LogP contribution in [0.2, 0.25) is 5.02 Å². The van der Waals surface area contributed by atoms with E-state index in [2.05, 4.69) is 10.6 Å². The fourth-order valence-corrected chi connectivity index (χ4v) is 7.16. The molecule has 0 heterocycles. The summed E-state index contributed by atoms with van der Waals surface area (Å²) in [7, 11) is 0. The lowest BCUT2D eigenvalue weighted by atomic mass is 9.49. The maximum Gasteiger partial charge on any atom is 0.404 e. The van der Waals surface area contributed by atoms with Crippen LogP contribution < -0.4 is 15.4 Å². The Morgan fingerprint density at radius 2 is 1.84 bits per heavy atom. The van der Waals surface area contributed by atoms with E-state index in [-0.39, 0.29) is 16.8 Å². The fraction of sp³-hybridized carbons (Fsp3) is 0.652. The Morgan fingerprint density at radius 1 is 1.19 bits per heavy atom. The predicted octanol–water partition coefficient (Wildman–Crippen LogP) is 5.01. The summed E-state index contributed by atoms with van der Waals surface area (Å²) in [6, 6.07) is 5.15. The van der Waals surface area contributed by atoms with E-state index in [1.807, 2.05) is 6.92 Å². The van der Waals surface area contributed by atoms with Gasteiger partial charge in [0.1, 0.15) is 11.2 Å². The SMILES string of the molecule is CC(Oc1ccc(Cl)c(C(=O)NCC23CC4CC(CC(C4)C2)C3)c1)SCCNC(=O)O. The smallest absolute Gasteiger partial charge is 0.404 e. The maximum absolute atomic E-state index is 13.0. The van der Waals surface area contributed by atoms with E-state index >= 15 is 0 Å². The molecule has 1 aromatic carbocycles. The maximum atomic E-state index is 13.0. The first kappa shape index (κ1) is 22.6. The van der Waals surface area contributed by atoms with Crippen LogP contribution in [-0.2, 0) is 0 Å². The summed E-state index contributed by atoms with van der Waals surface area (Å²) in [4.78, 5) is 23.4. The highest BCUT2D eigenvalue weighted by molar-refractivity contribution is 7.99. The lowest BCUT2D eigenvalue weighted by molar-refractivity contribution is -0.0503. The first-order valence-electron chi connectivity index (χ1n) is 11.1. The number of amides is 2. The van der Waals surface area contributed by atoms with Gasteiger partial charge in [-0.05, 0) is 86.8 Å². The number of benzene rings is 1. The Labute approximate surface area is 192 Å². The molecule has 4 aliphatic carbocycles. The molecule has 6 nitrogen and oxygen atoms in total. The van der Waals surface area contributed by atoms with Crippen molar-refractivity contribution in [1.82, 2.24) is 10.6 Å². The van der Waals surface area contributed by atoms with E-state index in [0.717, 1.165) is 24.3 Å². The molecule has 0 saturated heterocycles. The first-order chi connectivity index (χ1) is 14.8. The van der Waals surface area contributed by atoms with E-state index in [0.29, 0.717) is 28.6 Å². The number of rotatable bonds is 9. The van der Waals surface area contributed by atoms with Crippen LogP contribution in [0.5, 0.6) is 5.75 Å². The summed E-state index contributed by atoms with van der Waals surface area (Å²) in [5.41, 5.74) is 0.536. The van der Waals surface area contributed by atoms with Gasteiger partial charge in [-0.2, -0.15) is 0 Å². The molecule has 0 aliphatic heterocycles. The minimum atomic E-state index is -1.03. The van der Waals surface area contributed by atoms with Gasteiger partial charge < -0.3 is 20.5 Å². The standard InChI is InChI=1S/C23H31ClN2O4S/c1-14(31-5-4-25-22(28)29)30-18-2-3-20(24)19(9-18)21(27)26-13-23-10-15-6-16(11-23)8-17(7-15)12-23/h2-3,9,14-17,25H,4-8,10-13H2,1H3,(H,26,27)(H,28,29). The van der Waals surface area contributed by atoms with Crippen LogP contribution in [0, 0.1) is 23.2 Å². The Balaban J connectivity index is 1.31. The van der Waals surface area contributed by atoms with Crippen molar-refractivity contribution < 1.29 is 19.4 Å². The molecule has 0 aromatic heterocycles. The van der Waals surface area contributed by atoms with Crippen LogP contribution in [0.1, 0.15) is 55.8 Å². The summed E-state index contributed by atoms with van der Waals surface area (Å²) >= 11 is 7.82. The Kier molecular flexibility index (Phi) is 6.92. The molecule has 5 rings (SSSR count). The van der Waals surface area contributed by atoms with E-state index in [1.165, 1.54) is 50.3 Å². The minimum absolute atomic E-state index is 0.142. The highest BCUT2D eigenvalue weighted by Crippen LogP contribution is 2.59. The van der Waals surface area contributed by atoms with Crippen LogP contribution >= 0.6 is 23.4 Å². The molecule has 4 bridgehead atoms. The number of ether oxygens (including phenoxy) is 1. The monoisotopic (exact) mass is 466 g/mol. The third-order valence-electron chi connectivity index (χ3n) is 7.00. The third kappa shape index (κ3) is 5.61. The summed E-state index contributed by atoms with van der Waals surface area (Å²) < 4.78 is 5.89. The highest BCUT2D eigenvalue weighted by atomic mass is 35.5. The predicted molar refractivity (Wildman–Crippen MR) is 123 cm³/mol. The number of hydrogen-bond donors (Lipinski definition) is 3. The molecular formula is C23H31ClN2O4S. The molecule has 3 N–H and O–H groups in total. The lowest BCUT2D eigenvalue weighted by Gasteiger charge is -2.56. The van der Waals surface area contributed by atoms with E-state index in [4.69, 9.17) is 21.4 Å². The quantitative estimate of drug-likeness (QED) is 0.351. The van der Waals surface area contributed by atoms with Gasteiger partial charge in [0, 0.05) is 18.8 Å². The largest absolute Gasteiger partial charge is 0.480 e. The van der Waals surface area contributed by atoms with Gasteiger partial charge in [0.2, 0.25) is 0 Å². The van der Waals surface area contributed by atoms with Gasteiger partial charge in [0.05, 0.1) is 10.6 Å². The summed E-state index contributed by atoms with van der Waals surface area (Å²) in [5, 5.41) is 14.5. The van der Waals surface area contributed by atoms with Crippen LogP contribution in [0.15, 0.2) is 18.2 Å². The first-order valence-corrected chi connectivity index (χ1v) is 12.6. The van der Waals surface area contributed by atoms with Gasteiger partial charge in [-0.1, -0.05) is 11.6 Å². The van der Waals surface area contributed by atoms with Crippen molar-refractivity contribution >= 4 is 35.4 Å². The van der Waals surface area contributed by atoms with Crippen molar-refractivity contribution in [2.45, 2.75) is 50.9 Å². The second-order valence-electron chi connectivity index (χ2n) is 9.53. The number of hydrogen-bond acceptors (Lipinski definition) is 4. The third-order valence-corrected chi connectivity index (χ3v) is 8.34. The Bertz CT molecular complexity index is 799. The number of nitrogens with one attached hydrogen (secondary N) is 2. The van der Waals surface area contributed by atoms with Gasteiger partial charge in [-0.25, -0.2) is 4.79 Å². The molecule has 1 aromatic rings.